The minimum atomic E-state index is -0.800. The molecule has 2 aliphatic heterocycles. The molecule has 140 valence electrons. The maximum Gasteiger partial charge on any atom is 0.325 e. The number of imide groups is 1. The third-order valence-electron chi connectivity index (χ3n) is 5.07. The Balaban J connectivity index is 1.66. The van der Waals surface area contributed by atoms with Crippen LogP contribution in [0.4, 0.5) is 10.5 Å². The van der Waals surface area contributed by atoms with E-state index in [9.17, 15) is 19.7 Å². The van der Waals surface area contributed by atoms with Crippen molar-refractivity contribution in [1.29, 1.82) is 0 Å². The zero-order valence-corrected chi connectivity index (χ0v) is 15.1. The largest absolute Gasteiger partial charge is 0.325 e. The number of likely N-dealkylation sites (tertiary alicyclic amines) is 1. The highest BCUT2D eigenvalue weighted by atomic mass is 16.6. The summed E-state index contributed by atoms with van der Waals surface area (Å²) in [7, 11) is 0. The Morgan fingerprint density at radius 3 is 2.35 bits per heavy atom. The van der Waals surface area contributed by atoms with Crippen molar-refractivity contribution < 1.29 is 14.5 Å². The van der Waals surface area contributed by atoms with E-state index in [0.29, 0.717) is 24.3 Å². The van der Waals surface area contributed by atoms with Gasteiger partial charge in [-0.3, -0.25) is 19.8 Å². The highest BCUT2D eigenvalue weighted by Gasteiger charge is 2.52. The quantitative estimate of drug-likeness (QED) is 0.493. The predicted molar refractivity (Wildman–Crippen MR) is 95.4 cm³/mol. The molecular formula is C18H24N4O4. The summed E-state index contributed by atoms with van der Waals surface area (Å²) in [6.45, 7) is 7.02. The standard InChI is InChI=1S/C18H24N4O4/c1-13(2)11-20-9-7-18(8-10-20)16(23)21(17(24)19-18)12-14-3-5-15(6-4-14)22(25)26/h3-6,13H,7-12H2,1-2H3,(H,19,24). The molecule has 8 nitrogen and oxygen atoms in total. The van der Waals surface area contributed by atoms with Crippen LogP contribution >= 0.6 is 0 Å². The van der Waals surface area contributed by atoms with Gasteiger partial charge in [-0.25, -0.2) is 4.79 Å². The fourth-order valence-corrected chi connectivity index (χ4v) is 3.70. The third kappa shape index (κ3) is 3.55. The maximum atomic E-state index is 12.9. The van der Waals surface area contributed by atoms with Crippen LogP contribution in [0, 0.1) is 16.0 Å². The number of hydrogen-bond donors (Lipinski definition) is 1. The predicted octanol–water partition coefficient (Wildman–Crippen LogP) is 2.14. The lowest BCUT2D eigenvalue weighted by atomic mass is 9.87. The van der Waals surface area contributed by atoms with Crippen molar-refractivity contribution in [3.63, 3.8) is 0 Å². The molecule has 0 aliphatic carbocycles. The minimum absolute atomic E-state index is 0.0139. The molecule has 8 heteroatoms. The summed E-state index contributed by atoms with van der Waals surface area (Å²) < 4.78 is 0. The number of nitrogens with one attached hydrogen (secondary N) is 1. The zero-order chi connectivity index (χ0) is 18.9. The molecule has 2 aliphatic rings. The maximum absolute atomic E-state index is 12.9. The number of carbonyl (C=O) groups is 2. The lowest BCUT2D eigenvalue weighted by Crippen LogP contribution is -2.55. The van der Waals surface area contributed by atoms with Gasteiger partial charge < -0.3 is 10.2 Å². The number of rotatable bonds is 5. The van der Waals surface area contributed by atoms with Crippen molar-refractivity contribution in [1.82, 2.24) is 15.1 Å². The van der Waals surface area contributed by atoms with E-state index >= 15 is 0 Å². The van der Waals surface area contributed by atoms with Crippen LogP contribution in [0.5, 0.6) is 0 Å². The van der Waals surface area contributed by atoms with Crippen molar-refractivity contribution in [3.8, 4) is 0 Å². The number of nitro benzene ring substituents is 1. The Morgan fingerprint density at radius 1 is 1.19 bits per heavy atom. The number of benzene rings is 1. The minimum Gasteiger partial charge on any atom is -0.323 e. The second kappa shape index (κ2) is 7.03. The fourth-order valence-electron chi connectivity index (χ4n) is 3.70. The average molecular weight is 360 g/mol. The van der Waals surface area contributed by atoms with Crippen molar-refractivity contribution in [3.05, 3.63) is 39.9 Å². The summed E-state index contributed by atoms with van der Waals surface area (Å²) in [5.74, 6) is 0.376. The third-order valence-corrected chi connectivity index (χ3v) is 5.07. The molecule has 0 unspecified atom stereocenters. The number of nitrogens with zero attached hydrogens (tertiary/aromatic N) is 3. The molecule has 26 heavy (non-hydrogen) atoms. The molecule has 1 aromatic carbocycles. The first-order valence-electron chi connectivity index (χ1n) is 8.90. The molecule has 1 spiro atoms. The second-order valence-corrected chi connectivity index (χ2v) is 7.52. The molecule has 0 aromatic heterocycles. The molecule has 1 N–H and O–H groups in total. The highest BCUT2D eigenvalue weighted by Crippen LogP contribution is 2.30. The van der Waals surface area contributed by atoms with Gasteiger partial charge in [-0.15, -0.1) is 0 Å². The van der Waals surface area contributed by atoms with Crippen molar-refractivity contribution >= 4 is 17.6 Å². The molecule has 1 aromatic rings. The van der Waals surface area contributed by atoms with E-state index < -0.39 is 10.5 Å². The number of carbonyl (C=O) groups excluding carboxylic acids is 2. The summed E-state index contributed by atoms with van der Waals surface area (Å²) in [5, 5.41) is 13.6. The van der Waals surface area contributed by atoms with E-state index in [-0.39, 0.29) is 24.2 Å². The monoisotopic (exact) mass is 360 g/mol. The molecule has 0 atom stereocenters. The smallest absolute Gasteiger partial charge is 0.323 e. The molecule has 3 amide bonds. The van der Waals surface area contributed by atoms with Crippen LogP contribution in [-0.2, 0) is 11.3 Å². The summed E-state index contributed by atoms with van der Waals surface area (Å²) in [5.41, 5.74) is -0.126. The van der Waals surface area contributed by atoms with Gasteiger partial charge in [0.2, 0.25) is 0 Å². The molecule has 3 rings (SSSR count). The van der Waals surface area contributed by atoms with Crippen LogP contribution in [0.25, 0.3) is 0 Å². The zero-order valence-electron chi connectivity index (χ0n) is 15.1. The molecule has 2 fully saturated rings. The van der Waals surface area contributed by atoms with Gasteiger partial charge in [0.05, 0.1) is 11.5 Å². The van der Waals surface area contributed by atoms with Gasteiger partial charge in [0.25, 0.3) is 11.6 Å². The first-order valence-corrected chi connectivity index (χ1v) is 8.90. The van der Waals surface area contributed by atoms with Crippen molar-refractivity contribution in [2.24, 2.45) is 5.92 Å². The van der Waals surface area contributed by atoms with E-state index in [1.807, 2.05) is 0 Å². The van der Waals surface area contributed by atoms with Gasteiger partial charge in [-0.05, 0) is 24.3 Å². The van der Waals surface area contributed by atoms with Crippen LogP contribution in [0.3, 0.4) is 0 Å². The Bertz CT molecular complexity index is 708. The van der Waals surface area contributed by atoms with Crippen LogP contribution in [0.2, 0.25) is 0 Å². The number of urea groups is 1. The number of piperidine rings is 1. The van der Waals surface area contributed by atoms with Crippen molar-refractivity contribution in [2.45, 2.75) is 38.8 Å². The second-order valence-electron chi connectivity index (χ2n) is 7.52. The number of hydrogen-bond acceptors (Lipinski definition) is 5. The van der Waals surface area contributed by atoms with Gasteiger partial charge in [0.15, 0.2) is 0 Å². The summed E-state index contributed by atoms with van der Waals surface area (Å²) in [6, 6.07) is 5.54. The molecule has 0 bridgehead atoms. The Hall–Kier alpha value is -2.48. The highest BCUT2D eigenvalue weighted by molar-refractivity contribution is 6.07. The molecular weight excluding hydrogens is 336 g/mol. The summed E-state index contributed by atoms with van der Waals surface area (Å²) >= 11 is 0. The van der Waals surface area contributed by atoms with E-state index in [2.05, 4.69) is 24.1 Å². The molecule has 2 heterocycles. The van der Waals surface area contributed by atoms with Crippen LogP contribution < -0.4 is 5.32 Å². The van der Waals surface area contributed by atoms with Crippen molar-refractivity contribution in [2.75, 3.05) is 19.6 Å². The molecule has 0 radical (unpaired) electrons. The lowest BCUT2D eigenvalue weighted by molar-refractivity contribution is -0.384. The van der Waals surface area contributed by atoms with Gasteiger partial charge in [0, 0.05) is 31.8 Å². The van der Waals surface area contributed by atoms with Gasteiger partial charge >= 0.3 is 6.03 Å². The van der Waals surface area contributed by atoms with E-state index in [0.717, 1.165) is 19.6 Å². The molecule has 2 saturated heterocycles. The van der Waals surface area contributed by atoms with Crippen LogP contribution in [0.15, 0.2) is 24.3 Å². The number of nitro groups is 1. The fraction of sp³-hybridized carbons (Fsp3) is 0.556. The topological polar surface area (TPSA) is 95.8 Å². The van der Waals surface area contributed by atoms with Crippen LogP contribution in [-0.4, -0.2) is 51.8 Å². The van der Waals surface area contributed by atoms with Gasteiger partial charge in [-0.1, -0.05) is 26.0 Å². The average Bonchev–Trinajstić information content (AvgIpc) is 2.81. The SMILES string of the molecule is CC(C)CN1CCC2(CC1)NC(=O)N(Cc1ccc([N+](=O)[O-])cc1)C2=O. The first-order chi connectivity index (χ1) is 12.3. The first kappa shape index (κ1) is 18.3. The van der Waals surface area contributed by atoms with E-state index in [1.165, 1.54) is 17.0 Å². The Labute approximate surface area is 152 Å². The molecule has 0 saturated carbocycles. The summed E-state index contributed by atoms with van der Waals surface area (Å²) in [4.78, 5) is 39.1. The van der Waals surface area contributed by atoms with Gasteiger partial charge in [0.1, 0.15) is 5.54 Å². The van der Waals surface area contributed by atoms with E-state index in [4.69, 9.17) is 0 Å². The Kier molecular flexibility index (Phi) is 4.95. The normalized spacial score (nSPS) is 20.0. The lowest BCUT2D eigenvalue weighted by Gasteiger charge is -2.38. The summed E-state index contributed by atoms with van der Waals surface area (Å²) in [6.07, 6.45) is 1.22. The van der Waals surface area contributed by atoms with Gasteiger partial charge in [-0.2, -0.15) is 0 Å². The van der Waals surface area contributed by atoms with E-state index in [1.54, 1.807) is 12.1 Å². The Morgan fingerprint density at radius 2 is 1.81 bits per heavy atom. The number of amides is 3. The number of non-ortho nitro benzene ring substituents is 1. The van der Waals surface area contributed by atoms with Crippen LogP contribution in [0.1, 0.15) is 32.3 Å².